The summed E-state index contributed by atoms with van der Waals surface area (Å²) in [6.07, 6.45) is 0. The predicted molar refractivity (Wildman–Crippen MR) is 69.7 cm³/mol. The topological polar surface area (TPSA) is 109 Å². The van der Waals surface area contributed by atoms with Gasteiger partial charge in [0, 0.05) is 0 Å². The molecule has 0 aromatic carbocycles. The third-order valence-corrected chi connectivity index (χ3v) is 3.04. The van der Waals surface area contributed by atoms with E-state index in [1.165, 1.54) is 0 Å². The average molecular weight is 274 g/mol. The van der Waals surface area contributed by atoms with Crippen molar-refractivity contribution in [3.8, 4) is 11.5 Å². The highest BCUT2D eigenvalue weighted by Crippen LogP contribution is 2.25. The Bertz CT molecular complexity index is 754. The summed E-state index contributed by atoms with van der Waals surface area (Å²) in [6.45, 7) is 5.89. The van der Waals surface area contributed by atoms with E-state index in [2.05, 4.69) is 20.5 Å². The quantitative estimate of drug-likeness (QED) is 0.770. The molecule has 3 heterocycles. The van der Waals surface area contributed by atoms with E-state index in [9.17, 15) is 0 Å². The molecule has 0 atom stereocenters. The molecule has 3 aromatic heterocycles. The van der Waals surface area contributed by atoms with Gasteiger partial charge >= 0.3 is 0 Å². The van der Waals surface area contributed by atoms with Crippen LogP contribution in [0.15, 0.2) is 14.9 Å². The van der Waals surface area contributed by atoms with Gasteiger partial charge in [-0.1, -0.05) is 5.21 Å². The molecule has 0 aliphatic rings. The summed E-state index contributed by atoms with van der Waals surface area (Å²) < 4.78 is 12.7. The summed E-state index contributed by atoms with van der Waals surface area (Å²) in [5.74, 6) is 2.81. The second-order valence-electron chi connectivity index (χ2n) is 4.55. The Morgan fingerprint density at radius 3 is 2.55 bits per heavy atom. The average Bonchev–Trinajstić information content (AvgIpc) is 3.06. The summed E-state index contributed by atoms with van der Waals surface area (Å²) >= 11 is 0. The molecular formula is C12H14N6O2. The van der Waals surface area contributed by atoms with Gasteiger partial charge in [-0.3, -0.25) is 0 Å². The molecule has 0 bridgehead atoms. The van der Waals surface area contributed by atoms with Crippen LogP contribution in [0.5, 0.6) is 0 Å². The van der Waals surface area contributed by atoms with Crippen LogP contribution >= 0.6 is 0 Å². The zero-order valence-electron chi connectivity index (χ0n) is 11.4. The molecular weight excluding hydrogens is 260 g/mol. The molecule has 0 radical (unpaired) electrons. The van der Waals surface area contributed by atoms with Gasteiger partial charge in [0.1, 0.15) is 18.1 Å². The van der Waals surface area contributed by atoms with Crippen molar-refractivity contribution in [1.82, 2.24) is 25.2 Å². The highest BCUT2D eigenvalue weighted by molar-refractivity contribution is 5.55. The molecule has 8 nitrogen and oxygen atoms in total. The van der Waals surface area contributed by atoms with Crippen LogP contribution in [-0.2, 0) is 6.54 Å². The molecule has 0 aliphatic carbocycles. The fourth-order valence-electron chi connectivity index (χ4n) is 1.92. The van der Waals surface area contributed by atoms with E-state index in [1.54, 1.807) is 4.68 Å². The van der Waals surface area contributed by atoms with E-state index in [0.29, 0.717) is 24.1 Å². The molecule has 0 fully saturated rings. The monoisotopic (exact) mass is 274 g/mol. The lowest BCUT2D eigenvalue weighted by molar-refractivity contribution is 0.463. The van der Waals surface area contributed by atoms with Crippen LogP contribution in [0.2, 0.25) is 0 Å². The van der Waals surface area contributed by atoms with E-state index in [4.69, 9.17) is 14.6 Å². The van der Waals surface area contributed by atoms with Crippen molar-refractivity contribution in [3.63, 3.8) is 0 Å². The van der Waals surface area contributed by atoms with Gasteiger partial charge in [-0.05, 0) is 26.8 Å². The van der Waals surface area contributed by atoms with Gasteiger partial charge in [-0.15, -0.1) is 15.3 Å². The highest BCUT2D eigenvalue weighted by atomic mass is 16.4. The molecule has 0 saturated carbocycles. The van der Waals surface area contributed by atoms with Crippen molar-refractivity contribution in [3.05, 3.63) is 29.2 Å². The Kier molecular flexibility index (Phi) is 2.78. The minimum Gasteiger partial charge on any atom is -0.466 e. The molecule has 3 rings (SSSR count). The smallest absolute Gasteiger partial charge is 0.251 e. The van der Waals surface area contributed by atoms with Crippen LogP contribution in [-0.4, -0.2) is 25.2 Å². The second-order valence-corrected chi connectivity index (χ2v) is 4.55. The van der Waals surface area contributed by atoms with E-state index in [0.717, 1.165) is 22.8 Å². The Hall–Kier alpha value is -2.64. The Balaban J connectivity index is 1.87. The summed E-state index contributed by atoms with van der Waals surface area (Å²) in [5.41, 5.74) is 7.21. The van der Waals surface area contributed by atoms with Crippen molar-refractivity contribution in [2.45, 2.75) is 27.3 Å². The number of aryl methyl sites for hydroxylation is 2. The number of nitrogens with zero attached hydrogens (tertiary/aromatic N) is 5. The van der Waals surface area contributed by atoms with Gasteiger partial charge in [-0.25, -0.2) is 4.68 Å². The number of hydrogen-bond acceptors (Lipinski definition) is 7. The van der Waals surface area contributed by atoms with Crippen molar-refractivity contribution >= 4 is 5.82 Å². The Morgan fingerprint density at radius 2 is 1.95 bits per heavy atom. The molecule has 0 aliphatic heterocycles. The first-order valence-electron chi connectivity index (χ1n) is 6.10. The minimum atomic E-state index is 0.332. The van der Waals surface area contributed by atoms with Crippen LogP contribution in [0.3, 0.4) is 0 Å². The first-order valence-corrected chi connectivity index (χ1v) is 6.10. The fraction of sp³-hybridized carbons (Fsp3) is 0.333. The van der Waals surface area contributed by atoms with Gasteiger partial charge < -0.3 is 14.6 Å². The first kappa shape index (κ1) is 12.4. The lowest BCUT2D eigenvalue weighted by atomic mass is 10.2. The number of nitrogen functional groups attached to an aromatic ring is 1. The van der Waals surface area contributed by atoms with Crippen molar-refractivity contribution in [2.75, 3.05) is 5.73 Å². The number of nitrogens with two attached hydrogens (primary N) is 1. The maximum Gasteiger partial charge on any atom is 0.251 e. The first-order chi connectivity index (χ1) is 9.54. The lowest BCUT2D eigenvalue weighted by Gasteiger charge is -1.97. The molecule has 2 N–H and O–H groups in total. The SMILES string of the molecule is Cc1cc(-c2nnc(Cn3nnc(N)c3C)o2)c(C)o1. The number of anilines is 1. The Labute approximate surface area is 114 Å². The van der Waals surface area contributed by atoms with Crippen molar-refractivity contribution in [1.29, 1.82) is 0 Å². The van der Waals surface area contributed by atoms with E-state index >= 15 is 0 Å². The van der Waals surface area contributed by atoms with Gasteiger partial charge in [0.15, 0.2) is 5.82 Å². The van der Waals surface area contributed by atoms with Crippen molar-refractivity contribution < 1.29 is 8.83 Å². The summed E-state index contributed by atoms with van der Waals surface area (Å²) in [4.78, 5) is 0. The maximum atomic E-state index is 5.64. The molecule has 0 spiro atoms. The zero-order valence-corrected chi connectivity index (χ0v) is 11.4. The third kappa shape index (κ3) is 2.04. The molecule has 104 valence electrons. The second kappa shape index (κ2) is 4.48. The molecule has 0 amide bonds. The number of furan rings is 1. The molecule has 8 heteroatoms. The summed E-state index contributed by atoms with van der Waals surface area (Å²) in [5, 5.41) is 15.7. The number of rotatable bonds is 3. The largest absolute Gasteiger partial charge is 0.466 e. The number of hydrogen-bond donors (Lipinski definition) is 1. The van der Waals surface area contributed by atoms with Gasteiger partial charge in [0.05, 0.1) is 11.3 Å². The lowest BCUT2D eigenvalue weighted by Crippen LogP contribution is -2.04. The van der Waals surface area contributed by atoms with E-state index < -0.39 is 0 Å². The Morgan fingerprint density at radius 1 is 1.15 bits per heavy atom. The standard InChI is InChI=1S/C12H14N6O2/c1-6-4-9(8(3)19-6)12-16-14-10(20-12)5-18-7(2)11(13)15-17-18/h4H,5,13H2,1-3H3. The van der Waals surface area contributed by atoms with Crippen molar-refractivity contribution in [2.24, 2.45) is 0 Å². The normalized spacial score (nSPS) is 11.2. The highest BCUT2D eigenvalue weighted by Gasteiger charge is 2.16. The van der Waals surface area contributed by atoms with Crippen LogP contribution in [0, 0.1) is 20.8 Å². The molecule has 20 heavy (non-hydrogen) atoms. The molecule has 3 aromatic rings. The minimum absolute atomic E-state index is 0.332. The van der Waals surface area contributed by atoms with Gasteiger partial charge in [0.25, 0.3) is 5.89 Å². The van der Waals surface area contributed by atoms with Crippen LogP contribution < -0.4 is 5.73 Å². The molecule has 0 saturated heterocycles. The van der Waals surface area contributed by atoms with E-state index in [1.807, 2.05) is 26.8 Å². The van der Waals surface area contributed by atoms with Gasteiger partial charge in [0.2, 0.25) is 5.89 Å². The zero-order chi connectivity index (χ0) is 14.3. The summed E-state index contributed by atoms with van der Waals surface area (Å²) in [6, 6.07) is 1.87. The fourth-order valence-corrected chi connectivity index (χ4v) is 1.92. The number of aromatic nitrogens is 5. The molecule has 0 unspecified atom stereocenters. The third-order valence-electron chi connectivity index (χ3n) is 3.04. The van der Waals surface area contributed by atoms with Crippen LogP contribution in [0.1, 0.15) is 23.1 Å². The van der Waals surface area contributed by atoms with Crippen LogP contribution in [0.4, 0.5) is 5.82 Å². The maximum absolute atomic E-state index is 5.64. The summed E-state index contributed by atoms with van der Waals surface area (Å²) in [7, 11) is 0. The van der Waals surface area contributed by atoms with E-state index in [-0.39, 0.29) is 0 Å². The van der Waals surface area contributed by atoms with Crippen LogP contribution in [0.25, 0.3) is 11.5 Å². The predicted octanol–water partition coefficient (Wildman–Crippen LogP) is 1.48. The van der Waals surface area contributed by atoms with Gasteiger partial charge in [-0.2, -0.15) is 0 Å².